The van der Waals surface area contributed by atoms with E-state index in [2.05, 4.69) is 0 Å². The summed E-state index contributed by atoms with van der Waals surface area (Å²) in [6.07, 6.45) is -15.0. The Balaban J connectivity index is 2.18. The van der Waals surface area contributed by atoms with Gasteiger partial charge in [0.05, 0.1) is 6.61 Å². The van der Waals surface area contributed by atoms with Gasteiger partial charge in [0.2, 0.25) is 0 Å². The molecule has 0 radical (unpaired) electrons. The Morgan fingerprint density at radius 3 is 1.96 bits per heavy atom. The topological polar surface area (TPSA) is 185 Å². The van der Waals surface area contributed by atoms with E-state index in [4.69, 9.17) is 23.7 Å². The minimum absolute atomic E-state index is 0.636. The van der Waals surface area contributed by atoms with E-state index < -0.39 is 74.0 Å². The van der Waals surface area contributed by atoms with Crippen molar-refractivity contribution in [1.29, 1.82) is 0 Å². The highest BCUT2D eigenvalue weighted by atomic mass is 16.7. The number of aliphatic hydroxyl groups is 5. The molecule has 0 aromatic carbocycles. The van der Waals surface area contributed by atoms with Gasteiger partial charge >= 0.3 is 5.97 Å². The largest absolute Gasteiger partial charge is 0.479 e. The molecule has 152 valence electrons. The Labute approximate surface area is 148 Å². The number of methoxy groups -OCH3 is 2. The van der Waals surface area contributed by atoms with Crippen LogP contribution in [-0.2, 0) is 28.5 Å². The molecule has 2 saturated heterocycles. The summed E-state index contributed by atoms with van der Waals surface area (Å²) in [6, 6.07) is 0. The van der Waals surface area contributed by atoms with Crippen LogP contribution in [0.25, 0.3) is 0 Å². The molecule has 6 N–H and O–H groups in total. The number of carboxylic acids is 1. The molecule has 12 nitrogen and oxygen atoms in total. The highest BCUT2D eigenvalue weighted by Crippen LogP contribution is 2.30. The van der Waals surface area contributed by atoms with Gasteiger partial charge in [0, 0.05) is 14.2 Å². The quantitative estimate of drug-likeness (QED) is 0.261. The summed E-state index contributed by atoms with van der Waals surface area (Å²) in [4.78, 5) is 11.3. The second-order valence-corrected chi connectivity index (χ2v) is 5.99. The molecule has 0 saturated carbocycles. The van der Waals surface area contributed by atoms with Crippen molar-refractivity contribution in [2.75, 3.05) is 20.8 Å². The van der Waals surface area contributed by atoms with E-state index in [0.29, 0.717) is 0 Å². The van der Waals surface area contributed by atoms with E-state index >= 15 is 0 Å². The molecule has 0 spiro atoms. The van der Waals surface area contributed by atoms with Crippen LogP contribution in [-0.4, -0.2) is 119 Å². The normalized spacial score (nSPS) is 46.9. The Morgan fingerprint density at radius 2 is 1.46 bits per heavy atom. The SMILES string of the molecule is CO[C@@H]1C(C(=O)O)O[C@@H](O[C@@H]2C(CO)O[C@@H](OC)[C@H](O)C2O)[C@H](O)C1O. The summed E-state index contributed by atoms with van der Waals surface area (Å²) in [6.45, 7) is -0.636. The van der Waals surface area contributed by atoms with Gasteiger partial charge in [-0.25, -0.2) is 4.79 Å². The summed E-state index contributed by atoms with van der Waals surface area (Å²) in [5.74, 6) is -1.46. The van der Waals surface area contributed by atoms with Crippen LogP contribution in [0.2, 0.25) is 0 Å². The number of aliphatic carboxylic acids is 1. The number of rotatable bonds is 6. The van der Waals surface area contributed by atoms with E-state index in [-0.39, 0.29) is 0 Å². The maximum Gasteiger partial charge on any atom is 0.335 e. The first-order chi connectivity index (χ1) is 12.3. The zero-order valence-electron chi connectivity index (χ0n) is 14.1. The van der Waals surface area contributed by atoms with Crippen LogP contribution < -0.4 is 0 Å². The molecule has 2 heterocycles. The number of carboxylic acid groups (broad SMARTS) is 1. The zero-order chi connectivity index (χ0) is 19.6. The molecule has 2 aliphatic heterocycles. The van der Waals surface area contributed by atoms with Crippen LogP contribution in [0.4, 0.5) is 0 Å². The summed E-state index contributed by atoms with van der Waals surface area (Å²) in [5, 5.41) is 59.0. The minimum atomic E-state index is -1.72. The molecule has 0 aliphatic carbocycles. The number of carbonyl (C=O) groups is 1. The van der Waals surface area contributed by atoms with Crippen molar-refractivity contribution < 1.29 is 59.1 Å². The van der Waals surface area contributed by atoms with Crippen molar-refractivity contribution in [2.24, 2.45) is 0 Å². The van der Waals surface area contributed by atoms with Gasteiger partial charge < -0.3 is 54.3 Å². The van der Waals surface area contributed by atoms with Crippen molar-refractivity contribution in [3.8, 4) is 0 Å². The Bertz CT molecular complexity index is 473. The lowest BCUT2D eigenvalue weighted by molar-refractivity contribution is -0.354. The van der Waals surface area contributed by atoms with Crippen LogP contribution in [0.5, 0.6) is 0 Å². The molecule has 0 aromatic heterocycles. The van der Waals surface area contributed by atoms with Gasteiger partial charge in [0.15, 0.2) is 18.7 Å². The molecule has 2 fully saturated rings. The first-order valence-corrected chi connectivity index (χ1v) is 7.84. The molecule has 4 unspecified atom stereocenters. The van der Waals surface area contributed by atoms with Crippen LogP contribution in [0.1, 0.15) is 0 Å². The van der Waals surface area contributed by atoms with Gasteiger partial charge in [-0.15, -0.1) is 0 Å². The molecule has 0 bridgehead atoms. The maximum absolute atomic E-state index is 11.3. The molecular weight excluding hydrogens is 360 g/mol. The Hall–Kier alpha value is -0.930. The van der Waals surface area contributed by atoms with Crippen LogP contribution >= 0.6 is 0 Å². The zero-order valence-corrected chi connectivity index (χ0v) is 14.1. The van der Waals surface area contributed by atoms with Gasteiger partial charge in [-0.2, -0.15) is 0 Å². The lowest BCUT2D eigenvalue weighted by atomic mass is 9.96. The predicted molar refractivity (Wildman–Crippen MR) is 78.7 cm³/mol. The third-order valence-electron chi connectivity index (χ3n) is 4.40. The van der Waals surface area contributed by atoms with Gasteiger partial charge in [-0.1, -0.05) is 0 Å². The molecule has 0 aromatic rings. The first-order valence-electron chi connectivity index (χ1n) is 7.84. The highest BCUT2D eigenvalue weighted by molar-refractivity contribution is 5.73. The first kappa shape index (κ1) is 21.4. The molecule has 0 amide bonds. The van der Waals surface area contributed by atoms with Crippen molar-refractivity contribution in [3.05, 3.63) is 0 Å². The number of hydrogen-bond donors (Lipinski definition) is 6. The van der Waals surface area contributed by atoms with Gasteiger partial charge in [-0.3, -0.25) is 0 Å². The van der Waals surface area contributed by atoms with E-state index in [9.17, 15) is 35.4 Å². The minimum Gasteiger partial charge on any atom is -0.479 e. The van der Waals surface area contributed by atoms with Crippen LogP contribution in [0.15, 0.2) is 0 Å². The third kappa shape index (κ3) is 3.99. The van der Waals surface area contributed by atoms with Gasteiger partial charge in [0.25, 0.3) is 0 Å². The lowest BCUT2D eigenvalue weighted by Gasteiger charge is -2.45. The molecule has 2 aliphatic rings. The molecule has 12 heteroatoms. The molecule has 10 atom stereocenters. The number of aliphatic hydroxyl groups excluding tert-OH is 5. The van der Waals surface area contributed by atoms with E-state index in [1.165, 1.54) is 7.11 Å². The summed E-state index contributed by atoms with van der Waals surface area (Å²) < 4.78 is 25.5. The lowest BCUT2D eigenvalue weighted by Crippen LogP contribution is -2.65. The Morgan fingerprint density at radius 1 is 0.885 bits per heavy atom. The fourth-order valence-corrected chi connectivity index (χ4v) is 2.98. The Kier molecular flexibility index (Phi) is 7.27. The molecule has 26 heavy (non-hydrogen) atoms. The average Bonchev–Trinajstić information content (AvgIpc) is 2.62. The second-order valence-electron chi connectivity index (χ2n) is 5.99. The second kappa shape index (κ2) is 8.84. The fourth-order valence-electron chi connectivity index (χ4n) is 2.98. The van der Waals surface area contributed by atoms with Crippen molar-refractivity contribution >= 4 is 5.97 Å². The monoisotopic (exact) mass is 384 g/mol. The van der Waals surface area contributed by atoms with Gasteiger partial charge in [0.1, 0.15) is 42.7 Å². The van der Waals surface area contributed by atoms with Crippen molar-refractivity contribution in [2.45, 2.75) is 61.4 Å². The third-order valence-corrected chi connectivity index (χ3v) is 4.40. The summed E-state index contributed by atoms with van der Waals surface area (Å²) >= 11 is 0. The number of hydrogen-bond acceptors (Lipinski definition) is 11. The van der Waals surface area contributed by atoms with Crippen LogP contribution in [0.3, 0.4) is 0 Å². The van der Waals surface area contributed by atoms with Crippen molar-refractivity contribution in [1.82, 2.24) is 0 Å². The van der Waals surface area contributed by atoms with Crippen molar-refractivity contribution in [3.63, 3.8) is 0 Å². The fraction of sp³-hybridized carbons (Fsp3) is 0.929. The molecular formula is C14H24O12. The van der Waals surface area contributed by atoms with Crippen LogP contribution in [0, 0.1) is 0 Å². The van der Waals surface area contributed by atoms with E-state index in [1.54, 1.807) is 0 Å². The van der Waals surface area contributed by atoms with E-state index in [1.807, 2.05) is 0 Å². The predicted octanol–water partition coefficient (Wildman–Crippen LogP) is -4.00. The van der Waals surface area contributed by atoms with Gasteiger partial charge in [-0.05, 0) is 0 Å². The number of ether oxygens (including phenoxy) is 5. The highest BCUT2D eigenvalue weighted by Gasteiger charge is 2.52. The molecule has 2 rings (SSSR count). The summed E-state index contributed by atoms with van der Waals surface area (Å²) in [7, 11) is 2.37. The summed E-state index contributed by atoms with van der Waals surface area (Å²) in [5.41, 5.74) is 0. The maximum atomic E-state index is 11.3. The smallest absolute Gasteiger partial charge is 0.335 e. The average molecular weight is 384 g/mol. The standard InChI is InChI=1S/C14H24O12/c1-22-10-6(17)8(19)14(26-11(10)12(20)21)25-9-4(3-15)24-13(23-2)7(18)5(9)16/h4-11,13-19H,3H2,1-2H3,(H,20,21)/t4?,5?,6?,7-,8-,9-,10+,11?,13-,14-/m1/s1. The van der Waals surface area contributed by atoms with E-state index in [0.717, 1.165) is 7.11 Å².